The van der Waals surface area contributed by atoms with Gasteiger partial charge in [0.2, 0.25) is 0 Å². The molecular formula is C5H12N3-. The van der Waals surface area contributed by atoms with Gasteiger partial charge in [0.05, 0.1) is 0 Å². The molecule has 0 aromatic heterocycles. The minimum atomic E-state index is -0.0700. The van der Waals surface area contributed by atoms with Gasteiger partial charge in [0.25, 0.3) is 0 Å². The quantitative estimate of drug-likeness (QED) is 0.419. The fourth-order valence-corrected chi connectivity index (χ4v) is 0.407. The average molecular weight is 114 g/mol. The molecule has 1 unspecified atom stereocenters. The summed E-state index contributed by atoms with van der Waals surface area (Å²) in [6.45, 7) is 1.95. The summed E-state index contributed by atoms with van der Waals surface area (Å²) in [7, 11) is 0. The van der Waals surface area contributed by atoms with Crippen LogP contribution in [0.15, 0.2) is 0 Å². The smallest absolute Gasteiger partial charge is 0.00693 e. The molecule has 1 atom stereocenters. The standard InChI is InChI=1S/C5H12N3/c1-2-4(6)3-5(7)8/h4H,2-3,6H2,1H3,(H2-,7,8)/q-1. The van der Waals surface area contributed by atoms with E-state index in [1.165, 1.54) is 0 Å². The van der Waals surface area contributed by atoms with Crippen molar-refractivity contribution in [1.82, 2.24) is 0 Å². The van der Waals surface area contributed by atoms with Crippen LogP contribution in [0.25, 0.3) is 5.73 Å². The van der Waals surface area contributed by atoms with E-state index in [2.05, 4.69) is 0 Å². The predicted molar refractivity (Wildman–Crippen MR) is 34.9 cm³/mol. The monoisotopic (exact) mass is 114 g/mol. The lowest BCUT2D eigenvalue weighted by Crippen LogP contribution is -2.20. The highest BCUT2D eigenvalue weighted by Gasteiger charge is 1.94. The fraction of sp³-hybridized carbons (Fsp3) is 0.800. The van der Waals surface area contributed by atoms with E-state index < -0.39 is 0 Å². The SMILES string of the molecule is CCC(N)CC(=N)[NH-]. The maximum atomic E-state index is 6.71. The lowest BCUT2D eigenvalue weighted by atomic mass is 10.2. The van der Waals surface area contributed by atoms with E-state index in [1.54, 1.807) is 0 Å². The van der Waals surface area contributed by atoms with Crippen LogP contribution in [0.5, 0.6) is 0 Å². The normalized spacial score (nSPS) is 13.2. The largest absolute Gasteiger partial charge is 0.486 e. The summed E-state index contributed by atoms with van der Waals surface area (Å²) >= 11 is 0. The second kappa shape index (κ2) is 3.43. The Labute approximate surface area is 49.6 Å². The molecule has 48 valence electrons. The molecule has 0 fully saturated rings. The highest BCUT2D eigenvalue weighted by Crippen LogP contribution is 1.93. The van der Waals surface area contributed by atoms with Gasteiger partial charge >= 0.3 is 0 Å². The van der Waals surface area contributed by atoms with Crippen molar-refractivity contribution < 1.29 is 0 Å². The van der Waals surface area contributed by atoms with Gasteiger partial charge in [-0.2, -0.15) is 0 Å². The number of nitrogens with two attached hydrogens (primary N) is 1. The summed E-state index contributed by atoms with van der Waals surface area (Å²) in [4.78, 5) is 0. The van der Waals surface area contributed by atoms with Crippen molar-refractivity contribution in [2.45, 2.75) is 25.8 Å². The van der Waals surface area contributed by atoms with E-state index in [4.69, 9.17) is 16.9 Å². The Morgan fingerprint density at radius 1 is 1.88 bits per heavy atom. The fourth-order valence-electron chi connectivity index (χ4n) is 0.407. The molecule has 0 aromatic rings. The maximum absolute atomic E-state index is 6.71. The minimum Gasteiger partial charge on any atom is -0.486 e. The number of hydrogen-bond acceptors (Lipinski definition) is 2. The second-order valence-electron chi connectivity index (χ2n) is 1.85. The van der Waals surface area contributed by atoms with Crippen molar-refractivity contribution in [2.24, 2.45) is 5.73 Å². The molecule has 0 aliphatic rings. The Morgan fingerprint density at radius 2 is 2.38 bits per heavy atom. The van der Waals surface area contributed by atoms with Gasteiger partial charge in [0.15, 0.2) is 0 Å². The van der Waals surface area contributed by atoms with Gasteiger partial charge in [-0.3, -0.25) is 0 Å². The molecule has 8 heavy (non-hydrogen) atoms. The molecule has 3 nitrogen and oxygen atoms in total. The lowest BCUT2D eigenvalue weighted by molar-refractivity contribution is 0.675. The first kappa shape index (κ1) is 7.43. The third kappa shape index (κ3) is 3.61. The van der Waals surface area contributed by atoms with Gasteiger partial charge in [-0.1, -0.05) is 12.8 Å². The molecule has 0 aliphatic heterocycles. The summed E-state index contributed by atoms with van der Waals surface area (Å²) in [6.07, 6.45) is 1.26. The van der Waals surface area contributed by atoms with Gasteiger partial charge in [-0.15, -0.1) is 0 Å². The maximum Gasteiger partial charge on any atom is 0.00693 e. The van der Waals surface area contributed by atoms with E-state index in [1.807, 2.05) is 6.92 Å². The molecule has 0 amide bonds. The predicted octanol–water partition coefficient (Wildman–Crippen LogP) is 1.14. The molecule has 0 saturated carbocycles. The number of rotatable bonds is 3. The van der Waals surface area contributed by atoms with Crippen LogP contribution in [0.2, 0.25) is 0 Å². The molecule has 0 heterocycles. The zero-order valence-corrected chi connectivity index (χ0v) is 5.07. The number of amidine groups is 1. The Balaban J connectivity index is 3.24. The molecule has 0 saturated heterocycles. The van der Waals surface area contributed by atoms with Crippen molar-refractivity contribution in [1.29, 1.82) is 5.41 Å². The van der Waals surface area contributed by atoms with Gasteiger partial charge < -0.3 is 16.9 Å². The molecule has 0 aliphatic carbocycles. The third-order valence-corrected chi connectivity index (χ3v) is 0.991. The number of hydrogen-bond donors (Lipinski definition) is 2. The van der Waals surface area contributed by atoms with Crippen molar-refractivity contribution in [2.75, 3.05) is 0 Å². The van der Waals surface area contributed by atoms with E-state index >= 15 is 0 Å². The second-order valence-corrected chi connectivity index (χ2v) is 1.85. The first-order valence-electron chi connectivity index (χ1n) is 2.71. The van der Waals surface area contributed by atoms with E-state index in [-0.39, 0.29) is 11.9 Å². The van der Waals surface area contributed by atoms with Crippen molar-refractivity contribution in [3.05, 3.63) is 5.73 Å². The van der Waals surface area contributed by atoms with Crippen LogP contribution >= 0.6 is 0 Å². The Hall–Kier alpha value is -0.570. The van der Waals surface area contributed by atoms with Crippen LogP contribution in [-0.4, -0.2) is 11.9 Å². The van der Waals surface area contributed by atoms with Crippen LogP contribution in [0.1, 0.15) is 19.8 Å². The molecule has 3 heteroatoms. The molecule has 0 bridgehead atoms. The molecule has 4 N–H and O–H groups in total. The average Bonchev–Trinajstić information content (AvgIpc) is 1.65. The Kier molecular flexibility index (Phi) is 3.19. The third-order valence-electron chi connectivity index (χ3n) is 0.991. The lowest BCUT2D eigenvalue weighted by Gasteiger charge is -2.09. The van der Waals surface area contributed by atoms with Gasteiger partial charge in [-0.25, -0.2) is 0 Å². The van der Waals surface area contributed by atoms with Crippen molar-refractivity contribution in [3.63, 3.8) is 0 Å². The molecule has 0 spiro atoms. The summed E-state index contributed by atoms with van der Waals surface area (Å²) in [6, 6.07) is 0.0139. The van der Waals surface area contributed by atoms with E-state index in [9.17, 15) is 0 Å². The summed E-state index contributed by atoms with van der Waals surface area (Å²) < 4.78 is 0. The van der Waals surface area contributed by atoms with Gasteiger partial charge in [0, 0.05) is 6.04 Å². The van der Waals surface area contributed by atoms with Crippen LogP contribution in [-0.2, 0) is 0 Å². The first-order chi connectivity index (χ1) is 3.66. The molecular weight excluding hydrogens is 102 g/mol. The zero-order chi connectivity index (χ0) is 6.57. The van der Waals surface area contributed by atoms with E-state index in [0.717, 1.165) is 6.42 Å². The van der Waals surface area contributed by atoms with Crippen LogP contribution in [0, 0.1) is 5.41 Å². The topological polar surface area (TPSA) is 73.7 Å². The molecule has 0 aromatic carbocycles. The van der Waals surface area contributed by atoms with Crippen molar-refractivity contribution in [3.8, 4) is 0 Å². The summed E-state index contributed by atoms with van der Waals surface area (Å²) in [5, 5.41) is 6.71. The Bertz CT molecular complexity index is 79.7. The van der Waals surface area contributed by atoms with Crippen LogP contribution in [0.4, 0.5) is 0 Å². The van der Waals surface area contributed by atoms with E-state index in [0.29, 0.717) is 6.42 Å². The molecule has 0 radical (unpaired) electrons. The zero-order valence-electron chi connectivity index (χ0n) is 5.07. The highest BCUT2D eigenvalue weighted by atomic mass is 14.7. The summed E-state index contributed by atoms with van der Waals surface area (Å²) in [5.74, 6) is -0.0700. The minimum absolute atomic E-state index is 0.0139. The van der Waals surface area contributed by atoms with Gasteiger partial charge in [-0.05, 0) is 12.8 Å². The van der Waals surface area contributed by atoms with Gasteiger partial charge in [0.1, 0.15) is 0 Å². The highest BCUT2D eigenvalue weighted by molar-refractivity contribution is 5.87. The van der Waals surface area contributed by atoms with Crippen LogP contribution in [0.3, 0.4) is 0 Å². The Morgan fingerprint density at radius 3 is 2.50 bits per heavy atom. The molecule has 0 rings (SSSR count). The first-order valence-corrected chi connectivity index (χ1v) is 2.71. The number of nitrogens with one attached hydrogen (secondary N) is 2. The van der Waals surface area contributed by atoms with Crippen molar-refractivity contribution >= 4 is 5.84 Å². The van der Waals surface area contributed by atoms with Crippen LogP contribution < -0.4 is 5.73 Å². The summed E-state index contributed by atoms with van der Waals surface area (Å²) in [5.41, 5.74) is 12.1.